The van der Waals surface area contributed by atoms with Gasteiger partial charge in [0.25, 0.3) is 0 Å². The van der Waals surface area contributed by atoms with Gasteiger partial charge in [-0.2, -0.15) is 5.26 Å². The Morgan fingerprint density at radius 1 is 1.11 bits per heavy atom. The van der Waals surface area contributed by atoms with E-state index in [-0.39, 0.29) is 11.7 Å². The van der Waals surface area contributed by atoms with E-state index in [9.17, 15) is 14.0 Å². The molecule has 9 heteroatoms. The van der Waals surface area contributed by atoms with Gasteiger partial charge in [-0.1, -0.05) is 6.07 Å². The maximum Gasteiger partial charge on any atom is 0.149 e. The van der Waals surface area contributed by atoms with E-state index in [1.807, 2.05) is 0 Å². The van der Waals surface area contributed by atoms with Gasteiger partial charge in [-0.3, -0.25) is 0 Å². The minimum Gasteiger partial charge on any atom is -0.383 e. The van der Waals surface area contributed by atoms with Gasteiger partial charge in [0, 0.05) is 51.1 Å². The highest BCUT2D eigenvalue weighted by molar-refractivity contribution is 5.71. The lowest BCUT2D eigenvalue weighted by molar-refractivity contribution is 0.0456. The maximum atomic E-state index is 14.8. The average molecular weight is 500 g/mol. The molecule has 1 saturated heterocycles. The highest BCUT2D eigenvalue weighted by Crippen LogP contribution is 2.33. The molecule has 0 spiro atoms. The second-order valence-electron chi connectivity index (χ2n) is 9.74. The summed E-state index contributed by atoms with van der Waals surface area (Å²) in [5.74, 6) is -0.309. The van der Waals surface area contributed by atoms with Crippen molar-refractivity contribution in [1.29, 1.82) is 5.26 Å². The molecule has 0 bridgehead atoms. The zero-order chi connectivity index (χ0) is 25.4. The molecule has 2 aromatic rings. The van der Waals surface area contributed by atoms with Crippen LogP contribution in [0.1, 0.15) is 38.5 Å². The highest BCUT2D eigenvalue weighted by atomic mass is 19.1. The van der Waals surface area contributed by atoms with E-state index in [0.29, 0.717) is 62.2 Å². The fourth-order valence-electron chi connectivity index (χ4n) is 4.94. The lowest BCUT2D eigenvalue weighted by Gasteiger charge is -2.31. The molecule has 1 saturated carbocycles. The number of nitrogens with zero attached hydrogens (tertiary/aromatic N) is 2. The number of methoxy groups -OCH3 is 1. The Balaban J connectivity index is 1.41. The SMILES string of the molecule is COCCN[C@H]1CC[C@H](Nc2cc(-c3ccc(F)c(NCC4(C#N)CCOCC4)c3)c(F)cn2)CC1. The van der Waals surface area contributed by atoms with Crippen molar-refractivity contribution in [3.63, 3.8) is 0 Å². The summed E-state index contributed by atoms with van der Waals surface area (Å²) in [6.45, 7) is 2.89. The summed E-state index contributed by atoms with van der Waals surface area (Å²) in [5.41, 5.74) is 0.550. The Hall–Kier alpha value is -2.80. The van der Waals surface area contributed by atoms with Crippen LogP contribution in [0.25, 0.3) is 11.1 Å². The molecule has 1 aromatic carbocycles. The first-order valence-electron chi connectivity index (χ1n) is 12.7. The molecule has 0 amide bonds. The van der Waals surface area contributed by atoms with Gasteiger partial charge in [0.2, 0.25) is 0 Å². The van der Waals surface area contributed by atoms with Crippen LogP contribution in [0.15, 0.2) is 30.5 Å². The summed E-state index contributed by atoms with van der Waals surface area (Å²) in [6.07, 6.45) is 6.49. The zero-order valence-corrected chi connectivity index (χ0v) is 20.8. The summed E-state index contributed by atoms with van der Waals surface area (Å²) in [5, 5.41) is 19.7. The smallest absolute Gasteiger partial charge is 0.149 e. The Morgan fingerprint density at radius 3 is 2.58 bits per heavy atom. The van der Waals surface area contributed by atoms with E-state index < -0.39 is 17.0 Å². The van der Waals surface area contributed by atoms with Crippen molar-refractivity contribution in [2.45, 2.75) is 50.6 Å². The second-order valence-corrected chi connectivity index (χ2v) is 9.74. The number of nitriles is 1. The van der Waals surface area contributed by atoms with Crippen molar-refractivity contribution in [3.8, 4) is 17.2 Å². The number of ether oxygens (including phenoxy) is 2. The first-order chi connectivity index (χ1) is 17.5. The molecule has 7 nitrogen and oxygen atoms in total. The number of hydrogen-bond donors (Lipinski definition) is 3. The van der Waals surface area contributed by atoms with E-state index in [1.165, 1.54) is 12.3 Å². The first-order valence-corrected chi connectivity index (χ1v) is 12.7. The number of aromatic nitrogens is 1. The second kappa shape index (κ2) is 12.4. The van der Waals surface area contributed by atoms with Crippen molar-refractivity contribution in [1.82, 2.24) is 10.3 Å². The van der Waals surface area contributed by atoms with Crippen LogP contribution in [-0.4, -0.2) is 57.1 Å². The quantitative estimate of drug-likeness (QED) is 0.408. The largest absolute Gasteiger partial charge is 0.383 e. The van der Waals surface area contributed by atoms with Gasteiger partial charge in [-0.05, 0) is 62.3 Å². The topological polar surface area (TPSA) is 91.2 Å². The molecule has 3 N–H and O–H groups in total. The third-order valence-corrected chi connectivity index (χ3v) is 7.26. The number of anilines is 2. The van der Waals surface area contributed by atoms with Crippen LogP contribution in [0.4, 0.5) is 20.3 Å². The molecule has 4 rings (SSSR count). The van der Waals surface area contributed by atoms with Crippen LogP contribution in [0, 0.1) is 28.4 Å². The molecular weight excluding hydrogens is 464 g/mol. The Kier molecular flexibility index (Phi) is 9.08. The number of rotatable bonds is 10. The normalized spacial score (nSPS) is 21.5. The maximum absolute atomic E-state index is 14.8. The summed E-state index contributed by atoms with van der Waals surface area (Å²) < 4.78 is 39.8. The molecular formula is C27H35F2N5O2. The zero-order valence-electron chi connectivity index (χ0n) is 20.8. The minimum absolute atomic E-state index is 0.249. The van der Waals surface area contributed by atoms with Gasteiger partial charge in [0.05, 0.1) is 30.0 Å². The van der Waals surface area contributed by atoms with E-state index >= 15 is 0 Å². The van der Waals surface area contributed by atoms with Gasteiger partial charge >= 0.3 is 0 Å². The highest BCUT2D eigenvalue weighted by Gasteiger charge is 2.32. The summed E-state index contributed by atoms with van der Waals surface area (Å²) in [7, 11) is 1.70. The molecule has 2 fully saturated rings. The molecule has 2 heterocycles. The predicted molar refractivity (Wildman–Crippen MR) is 136 cm³/mol. The summed E-state index contributed by atoms with van der Waals surface area (Å²) in [4.78, 5) is 4.24. The third-order valence-electron chi connectivity index (χ3n) is 7.26. The number of hydrogen-bond acceptors (Lipinski definition) is 7. The molecule has 0 atom stereocenters. The van der Waals surface area contributed by atoms with Gasteiger partial charge in [0.1, 0.15) is 17.5 Å². The molecule has 194 valence electrons. The molecule has 0 unspecified atom stereocenters. The van der Waals surface area contributed by atoms with Gasteiger partial charge < -0.3 is 25.4 Å². The van der Waals surface area contributed by atoms with E-state index in [4.69, 9.17) is 9.47 Å². The van der Waals surface area contributed by atoms with Gasteiger partial charge in [-0.25, -0.2) is 13.8 Å². The van der Waals surface area contributed by atoms with Crippen LogP contribution in [-0.2, 0) is 9.47 Å². The fraction of sp³-hybridized carbons (Fsp3) is 0.556. The van der Waals surface area contributed by atoms with Crippen molar-refractivity contribution >= 4 is 11.5 Å². The molecule has 1 aromatic heterocycles. The minimum atomic E-state index is -0.599. The van der Waals surface area contributed by atoms with Crippen molar-refractivity contribution in [2.75, 3.05) is 50.7 Å². The number of pyridine rings is 1. The number of halogens is 2. The predicted octanol–water partition coefficient (Wildman–Crippen LogP) is 4.72. The van der Waals surface area contributed by atoms with Crippen LogP contribution in [0.5, 0.6) is 0 Å². The standard InChI is InChI=1S/C27H35F2N5O2/c1-35-13-10-31-20-3-5-21(6-4-20)34-26-15-22(24(29)16-32-26)19-2-7-23(28)25(14-19)33-18-27(17-30)8-11-36-12-9-27/h2,7,14-16,20-21,31,33H,3-6,8-13,18H2,1H3,(H,32,34)/t20-,21-. The number of benzene rings is 1. The molecule has 36 heavy (non-hydrogen) atoms. The van der Waals surface area contributed by atoms with Crippen molar-refractivity contribution in [2.24, 2.45) is 5.41 Å². The van der Waals surface area contributed by atoms with E-state index in [1.54, 1.807) is 25.3 Å². The van der Waals surface area contributed by atoms with Gasteiger partial charge in [-0.15, -0.1) is 0 Å². The Bertz CT molecular complexity index is 1050. The molecule has 1 aliphatic heterocycles. The van der Waals surface area contributed by atoms with Crippen molar-refractivity contribution < 1.29 is 18.3 Å². The van der Waals surface area contributed by atoms with Gasteiger partial charge in [0.15, 0.2) is 0 Å². The fourth-order valence-corrected chi connectivity index (χ4v) is 4.94. The van der Waals surface area contributed by atoms with Crippen LogP contribution in [0.2, 0.25) is 0 Å². The summed E-state index contributed by atoms with van der Waals surface area (Å²) in [6, 6.07) is 9.30. The van der Waals surface area contributed by atoms with Crippen LogP contribution in [0.3, 0.4) is 0 Å². The Labute approximate surface area is 211 Å². The van der Waals surface area contributed by atoms with E-state index in [0.717, 1.165) is 32.2 Å². The van der Waals surface area contributed by atoms with E-state index in [2.05, 4.69) is 27.0 Å². The Morgan fingerprint density at radius 2 is 1.86 bits per heavy atom. The monoisotopic (exact) mass is 499 g/mol. The lowest BCUT2D eigenvalue weighted by atomic mass is 9.81. The molecule has 1 aliphatic carbocycles. The first kappa shape index (κ1) is 26.3. The summed E-state index contributed by atoms with van der Waals surface area (Å²) >= 11 is 0. The van der Waals surface area contributed by atoms with Crippen molar-refractivity contribution in [3.05, 3.63) is 42.1 Å². The third kappa shape index (κ3) is 6.69. The molecule has 0 radical (unpaired) electrons. The average Bonchev–Trinajstić information content (AvgIpc) is 2.91. The lowest BCUT2D eigenvalue weighted by Crippen LogP contribution is -2.38. The van der Waals surface area contributed by atoms with Crippen LogP contribution < -0.4 is 16.0 Å². The number of nitrogens with one attached hydrogen (secondary N) is 3. The molecule has 2 aliphatic rings. The van der Waals surface area contributed by atoms with Crippen LogP contribution >= 0.6 is 0 Å².